The molecule has 0 bridgehead atoms. The van der Waals surface area contributed by atoms with Crippen LogP contribution in [0.25, 0.3) is 0 Å². The van der Waals surface area contributed by atoms with Crippen molar-refractivity contribution in [3.63, 3.8) is 0 Å². The molecule has 36 valence electrons. The van der Waals surface area contributed by atoms with Crippen molar-refractivity contribution in [1.29, 1.82) is 0 Å². The molecule has 1 rings (SSSR count). The van der Waals surface area contributed by atoms with Crippen LogP contribution in [-0.2, 0) is 0 Å². The van der Waals surface area contributed by atoms with E-state index in [-0.39, 0.29) is 21.0 Å². The summed E-state index contributed by atoms with van der Waals surface area (Å²) in [5.74, 6) is 0. The first-order chi connectivity index (χ1) is 2.93. The number of nitrogens with one attached hydrogen (secondary N) is 2. The summed E-state index contributed by atoms with van der Waals surface area (Å²) >= 11 is 0.281. The molecule has 6 heavy (non-hydrogen) atoms. The van der Waals surface area contributed by atoms with E-state index in [0.717, 1.165) is 6.54 Å². The zero-order valence-electron chi connectivity index (χ0n) is 3.59. The van der Waals surface area contributed by atoms with Crippen molar-refractivity contribution < 1.29 is 0 Å². The van der Waals surface area contributed by atoms with Crippen molar-refractivity contribution >= 4 is 24.6 Å². The van der Waals surface area contributed by atoms with Gasteiger partial charge in [0.1, 0.15) is 0 Å². The zero-order valence-corrected chi connectivity index (χ0v) is 5.74. The molecule has 1 aliphatic rings. The molecule has 2 N–H and O–H groups in total. The molecule has 1 aliphatic heterocycles. The van der Waals surface area contributed by atoms with Crippen LogP contribution in [0.2, 0.25) is 0 Å². The average molecular weight is 198 g/mol. The Morgan fingerprint density at radius 3 is 2.67 bits per heavy atom. The second-order valence-corrected chi connectivity index (χ2v) is 3.66. The Morgan fingerprint density at radius 1 is 2.00 bits per heavy atom. The molecule has 0 unspecified atom stereocenters. The molecule has 3 heteroatoms. The summed E-state index contributed by atoms with van der Waals surface area (Å²) in [5.41, 5.74) is 0. The van der Waals surface area contributed by atoms with E-state index in [4.69, 9.17) is 0 Å². The maximum absolute atomic E-state index is 3.22. The van der Waals surface area contributed by atoms with Crippen LogP contribution in [0, 0.1) is 0 Å². The van der Waals surface area contributed by atoms with Crippen LogP contribution >= 0.6 is 21.0 Å². The van der Waals surface area contributed by atoms with Gasteiger partial charge in [-0.1, -0.05) is 0 Å². The molecule has 0 saturated heterocycles. The highest BCUT2D eigenvalue weighted by atomic mass is 127. The summed E-state index contributed by atoms with van der Waals surface area (Å²) < 4.78 is 4.74. The molecule has 0 aromatic rings. The van der Waals surface area contributed by atoms with Gasteiger partial charge in [-0.25, -0.2) is 0 Å². The van der Waals surface area contributed by atoms with E-state index in [1.165, 1.54) is 3.63 Å². The van der Waals surface area contributed by atoms with Crippen LogP contribution in [-0.4, -0.2) is 17.2 Å². The molecule has 0 saturated carbocycles. The summed E-state index contributed by atoms with van der Waals surface area (Å²) in [4.78, 5) is 0. The Labute approximate surface area is 47.4 Å². The van der Waals surface area contributed by atoms with Crippen LogP contribution in [0.5, 0.6) is 0 Å². The minimum atomic E-state index is 0.281. The van der Waals surface area contributed by atoms with Crippen LogP contribution in [0.1, 0.15) is 0 Å². The van der Waals surface area contributed by atoms with Crippen molar-refractivity contribution in [2.24, 2.45) is 0 Å². The fourth-order valence-corrected chi connectivity index (χ4v) is 1.30. The molecule has 0 spiro atoms. The number of halogens is 1. The lowest BCUT2D eigenvalue weighted by Gasteiger charge is -2.11. The SMILES string of the molecule is CNC1=INC1. The van der Waals surface area contributed by atoms with Gasteiger partial charge < -0.3 is 0 Å². The largest absolute Gasteiger partial charge is 0.289 e. The number of hydrogen-bond acceptors (Lipinski definition) is 2. The van der Waals surface area contributed by atoms with Gasteiger partial charge in [0.05, 0.1) is 3.63 Å². The monoisotopic (exact) mass is 198 g/mol. The molecular formula is C3H7IN2. The van der Waals surface area contributed by atoms with E-state index in [2.05, 4.69) is 8.85 Å². The Morgan fingerprint density at radius 2 is 2.67 bits per heavy atom. The first-order valence-corrected chi connectivity index (χ1v) is 3.99. The fourth-order valence-electron chi connectivity index (χ4n) is 0.269. The second-order valence-electron chi connectivity index (χ2n) is 1.06. The molecule has 2 nitrogen and oxygen atoms in total. The molecule has 0 aromatic carbocycles. The highest BCUT2D eigenvalue weighted by Gasteiger charge is 1.99. The van der Waals surface area contributed by atoms with Crippen molar-refractivity contribution in [1.82, 2.24) is 8.85 Å². The Hall–Kier alpha value is 0.520. The van der Waals surface area contributed by atoms with Gasteiger partial charge in [0.15, 0.2) is 0 Å². The van der Waals surface area contributed by atoms with Gasteiger partial charge in [0, 0.05) is 6.54 Å². The van der Waals surface area contributed by atoms with E-state index in [9.17, 15) is 0 Å². The van der Waals surface area contributed by atoms with E-state index in [1.807, 2.05) is 7.05 Å². The summed E-state index contributed by atoms with van der Waals surface area (Å²) in [6.07, 6.45) is 0. The topological polar surface area (TPSA) is 24.1 Å². The quantitative estimate of drug-likeness (QED) is 0.451. The lowest BCUT2D eigenvalue weighted by Crippen LogP contribution is -2.33. The summed E-state index contributed by atoms with van der Waals surface area (Å²) in [5, 5.41) is 3.10. The second kappa shape index (κ2) is 1.99. The lowest BCUT2D eigenvalue weighted by molar-refractivity contribution is 1.10. The lowest BCUT2D eigenvalue weighted by atomic mass is 10.7. The first kappa shape index (κ1) is 4.67. The third kappa shape index (κ3) is 0.772. The smallest absolute Gasteiger partial charge is 0.0503 e. The standard InChI is InChI=1S/C3H7IN2/c1-5-3-2-6-4-3/h5-6H,2H2,1H3. The zero-order chi connectivity index (χ0) is 4.41. The van der Waals surface area contributed by atoms with Gasteiger partial charge in [-0.2, -0.15) is 0 Å². The maximum Gasteiger partial charge on any atom is 0.0503 e. The third-order valence-electron chi connectivity index (χ3n) is 0.674. The van der Waals surface area contributed by atoms with Gasteiger partial charge in [-0.3, -0.25) is 8.85 Å². The van der Waals surface area contributed by atoms with Crippen molar-refractivity contribution in [2.45, 2.75) is 0 Å². The number of rotatable bonds is 1. The van der Waals surface area contributed by atoms with Gasteiger partial charge in [-0.15, -0.1) is 0 Å². The van der Waals surface area contributed by atoms with Gasteiger partial charge in [0.25, 0.3) is 0 Å². The number of likely N-dealkylation sites (N-methyl/N-ethyl adjacent to an activating group) is 1. The minimum Gasteiger partial charge on any atom is -0.289 e. The highest BCUT2D eigenvalue weighted by Crippen LogP contribution is 1.99. The van der Waals surface area contributed by atoms with Crippen LogP contribution in [0.3, 0.4) is 0 Å². The highest BCUT2D eigenvalue weighted by molar-refractivity contribution is 14.2. The van der Waals surface area contributed by atoms with Gasteiger partial charge in [0.2, 0.25) is 0 Å². The van der Waals surface area contributed by atoms with E-state index in [1.54, 1.807) is 0 Å². The normalized spacial score (nSPS) is 20.5. The van der Waals surface area contributed by atoms with Gasteiger partial charge in [-0.05, 0) is 28.1 Å². The predicted octanol–water partition coefficient (Wildman–Crippen LogP) is -0.175. The summed E-state index contributed by atoms with van der Waals surface area (Å²) in [6, 6.07) is 0. The molecular weight excluding hydrogens is 191 g/mol. The van der Waals surface area contributed by atoms with Crippen molar-refractivity contribution in [2.75, 3.05) is 13.6 Å². The summed E-state index contributed by atoms with van der Waals surface area (Å²) in [6.45, 7) is 1.11. The maximum atomic E-state index is 3.22. The Bertz CT molecular complexity index is 78.9. The average Bonchev–Trinajstić information content (AvgIpc) is 1.31. The Kier molecular flexibility index (Phi) is 1.55. The Balaban J connectivity index is 2.32. The molecule has 0 fully saturated rings. The van der Waals surface area contributed by atoms with Gasteiger partial charge >= 0.3 is 0 Å². The summed E-state index contributed by atoms with van der Waals surface area (Å²) in [7, 11) is 1.98. The van der Waals surface area contributed by atoms with E-state index >= 15 is 0 Å². The molecule has 0 aliphatic carbocycles. The molecule has 0 atom stereocenters. The molecule has 0 radical (unpaired) electrons. The van der Waals surface area contributed by atoms with Crippen LogP contribution < -0.4 is 8.85 Å². The number of hydrogen-bond donors (Lipinski definition) is 2. The van der Waals surface area contributed by atoms with Crippen molar-refractivity contribution in [3.8, 4) is 0 Å². The first-order valence-electron chi connectivity index (χ1n) is 1.84. The van der Waals surface area contributed by atoms with Crippen LogP contribution in [0.4, 0.5) is 0 Å². The van der Waals surface area contributed by atoms with E-state index in [0.29, 0.717) is 0 Å². The van der Waals surface area contributed by atoms with Crippen molar-refractivity contribution in [3.05, 3.63) is 0 Å². The molecule has 1 heterocycles. The molecule has 0 aromatic heterocycles. The van der Waals surface area contributed by atoms with E-state index < -0.39 is 0 Å². The molecule has 0 amide bonds. The van der Waals surface area contributed by atoms with Crippen LogP contribution in [0.15, 0.2) is 0 Å². The predicted molar refractivity (Wildman–Crippen MR) is 36.1 cm³/mol. The third-order valence-corrected chi connectivity index (χ3v) is 3.01. The minimum absolute atomic E-state index is 0.281. The fraction of sp³-hybridized carbons (Fsp3) is 0.667.